The van der Waals surface area contributed by atoms with Gasteiger partial charge in [0.2, 0.25) is 0 Å². The second-order valence-electron chi connectivity index (χ2n) is 2.78. The third-order valence-electron chi connectivity index (χ3n) is 1.72. The van der Waals surface area contributed by atoms with E-state index in [1.54, 1.807) is 18.2 Å². The van der Waals surface area contributed by atoms with Gasteiger partial charge in [-0.05, 0) is 12.1 Å². The lowest BCUT2D eigenvalue weighted by Crippen LogP contribution is -2.03. The molecule has 0 N–H and O–H groups in total. The van der Waals surface area contributed by atoms with E-state index in [9.17, 15) is 4.79 Å². The third-order valence-corrected chi connectivity index (χ3v) is 1.72. The van der Waals surface area contributed by atoms with E-state index >= 15 is 0 Å². The summed E-state index contributed by atoms with van der Waals surface area (Å²) in [6, 6.07) is 5.21. The lowest BCUT2D eigenvalue weighted by atomic mass is 9.97. The van der Waals surface area contributed by atoms with Gasteiger partial charge in [-0.15, -0.1) is 0 Å². The van der Waals surface area contributed by atoms with Crippen LogP contribution in [0.2, 0.25) is 0 Å². The van der Waals surface area contributed by atoms with Crippen LogP contribution in [0.25, 0.3) is 0 Å². The number of hydrogen-bond donors (Lipinski definition) is 0. The van der Waals surface area contributed by atoms with Gasteiger partial charge in [-0.3, -0.25) is 4.79 Å². The number of ether oxygens (including phenoxy) is 2. The summed E-state index contributed by atoms with van der Waals surface area (Å²) in [6.07, 6.45) is 0.427. The Kier molecular flexibility index (Phi) is 3.57. The molecule has 72 valence electrons. The molecule has 4 heteroatoms. The van der Waals surface area contributed by atoms with E-state index in [1.165, 1.54) is 14.0 Å². The van der Waals surface area contributed by atoms with Gasteiger partial charge in [0.25, 0.3) is 0 Å². The van der Waals surface area contributed by atoms with E-state index in [0.29, 0.717) is 17.8 Å². The largest absolute Gasteiger partial charge is 0.493 e. The van der Waals surface area contributed by atoms with Gasteiger partial charge in [0.05, 0.1) is 15.0 Å². The predicted octanol–water partition coefficient (Wildman–Crippen LogP) is 1.29. The first kappa shape index (κ1) is 10.6. The molecule has 0 saturated carbocycles. The second-order valence-corrected chi connectivity index (χ2v) is 2.78. The molecule has 2 radical (unpaired) electrons. The quantitative estimate of drug-likeness (QED) is 0.409. The Hall–Kier alpha value is -1.45. The zero-order valence-electron chi connectivity index (χ0n) is 8.24. The minimum Gasteiger partial charge on any atom is -0.493 e. The van der Waals surface area contributed by atoms with Crippen LogP contribution in [0.3, 0.4) is 0 Å². The highest BCUT2D eigenvalue weighted by molar-refractivity contribution is 6.08. The highest BCUT2D eigenvalue weighted by Gasteiger charge is 2.06. The molecule has 0 spiro atoms. The summed E-state index contributed by atoms with van der Waals surface area (Å²) in [5.74, 6) is 0.559. The summed E-state index contributed by atoms with van der Waals surface area (Å²) in [4.78, 5) is 10.7. The van der Waals surface area contributed by atoms with Gasteiger partial charge in [0, 0.05) is 6.92 Å². The zero-order valence-corrected chi connectivity index (χ0v) is 8.24. The van der Waals surface area contributed by atoms with Crippen molar-refractivity contribution >= 4 is 13.8 Å². The second kappa shape index (κ2) is 4.70. The smallest absolute Gasteiger partial charge is 0.308 e. The standard InChI is InChI=1S/C10H11BO3/c1-7(12)14-9-4-3-8(6-11)5-10(9)13-2/h3-5H,6H2,1-2H3. The van der Waals surface area contributed by atoms with Crippen LogP contribution in [0.4, 0.5) is 0 Å². The minimum absolute atomic E-state index is 0.371. The van der Waals surface area contributed by atoms with Crippen molar-refractivity contribution in [3.63, 3.8) is 0 Å². The molecular formula is C10H11BO3. The molecule has 0 saturated heterocycles. The molecule has 1 aromatic rings. The van der Waals surface area contributed by atoms with Crippen LogP contribution in [0.15, 0.2) is 18.2 Å². The number of carbonyl (C=O) groups excluding carboxylic acids is 1. The summed E-state index contributed by atoms with van der Waals surface area (Å²) in [6.45, 7) is 1.34. The molecular weight excluding hydrogens is 179 g/mol. The molecule has 0 aliphatic rings. The number of carbonyl (C=O) groups is 1. The number of methoxy groups -OCH3 is 1. The number of benzene rings is 1. The molecule has 0 aliphatic carbocycles. The van der Waals surface area contributed by atoms with Gasteiger partial charge in [-0.1, -0.05) is 17.9 Å². The molecule has 3 nitrogen and oxygen atoms in total. The van der Waals surface area contributed by atoms with Crippen molar-refractivity contribution in [3.8, 4) is 11.5 Å². The summed E-state index contributed by atoms with van der Waals surface area (Å²) >= 11 is 0. The van der Waals surface area contributed by atoms with E-state index < -0.39 is 0 Å². The summed E-state index contributed by atoms with van der Waals surface area (Å²) in [5.41, 5.74) is 0.928. The van der Waals surface area contributed by atoms with Gasteiger partial charge >= 0.3 is 5.97 Å². The molecule has 0 fully saturated rings. The molecule has 0 unspecified atom stereocenters. The maximum atomic E-state index is 10.7. The Balaban J connectivity index is 2.98. The van der Waals surface area contributed by atoms with Crippen molar-refractivity contribution in [1.29, 1.82) is 0 Å². The van der Waals surface area contributed by atoms with Gasteiger partial charge in [0.1, 0.15) is 0 Å². The Morgan fingerprint density at radius 1 is 1.43 bits per heavy atom. The van der Waals surface area contributed by atoms with Crippen LogP contribution in [0, 0.1) is 0 Å². The predicted molar refractivity (Wildman–Crippen MR) is 53.8 cm³/mol. The average molecular weight is 190 g/mol. The fourth-order valence-electron chi connectivity index (χ4n) is 1.08. The molecule has 0 heterocycles. The Bertz CT molecular complexity index is 336. The van der Waals surface area contributed by atoms with Gasteiger partial charge < -0.3 is 9.47 Å². The van der Waals surface area contributed by atoms with Crippen LogP contribution in [-0.2, 0) is 11.1 Å². The lowest BCUT2D eigenvalue weighted by Gasteiger charge is -2.08. The first-order chi connectivity index (χ1) is 6.67. The highest BCUT2D eigenvalue weighted by atomic mass is 16.6. The molecule has 1 aromatic carbocycles. The first-order valence-electron chi connectivity index (χ1n) is 4.22. The normalized spacial score (nSPS) is 9.57. The molecule has 14 heavy (non-hydrogen) atoms. The zero-order chi connectivity index (χ0) is 10.6. The van der Waals surface area contributed by atoms with Gasteiger partial charge in [-0.25, -0.2) is 0 Å². The fraction of sp³-hybridized carbons (Fsp3) is 0.300. The van der Waals surface area contributed by atoms with Crippen LogP contribution in [0.1, 0.15) is 12.5 Å². The summed E-state index contributed by atoms with van der Waals surface area (Å²) in [5, 5.41) is 0. The van der Waals surface area contributed by atoms with Crippen molar-refractivity contribution in [2.45, 2.75) is 13.2 Å². The minimum atomic E-state index is -0.371. The molecule has 0 aromatic heterocycles. The monoisotopic (exact) mass is 190 g/mol. The third kappa shape index (κ3) is 2.52. The number of hydrogen-bond acceptors (Lipinski definition) is 3. The van der Waals surface area contributed by atoms with Gasteiger partial charge in [0.15, 0.2) is 11.5 Å². The maximum Gasteiger partial charge on any atom is 0.308 e. The average Bonchev–Trinajstić information content (AvgIpc) is 2.17. The topological polar surface area (TPSA) is 35.5 Å². The Morgan fingerprint density at radius 2 is 2.14 bits per heavy atom. The van der Waals surface area contributed by atoms with Crippen molar-refractivity contribution in [3.05, 3.63) is 23.8 Å². The Labute approximate surface area is 84.4 Å². The van der Waals surface area contributed by atoms with E-state index in [0.717, 1.165) is 5.56 Å². The number of esters is 1. The molecule has 0 atom stereocenters. The van der Waals surface area contributed by atoms with Crippen molar-refractivity contribution < 1.29 is 14.3 Å². The highest BCUT2D eigenvalue weighted by Crippen LogP contribution is 2.27. The van der Waals surface area contributed by atoms with Crippen molar-refractivity contribution in [2.75, 3.05) is 7.11 Å². The number of rotatable bonds is 3. The molecule has 0 aliphatic heterocycles. The van der Waals surface area contributed by atoms with Crippen molar-refractivity contribution in [2.24, 2.45) is 0 Å². The van der Waals surface area contributed by atoms with E-state index in [4.69, 9.17) is 17.3 Å². The van der Waals surface area contributed by atoms with Crippen molar-refractivity contribution in [1.82, 2.24) is 0 Å². The van der Waals surface area contributed by atoms with Crippen LogP contribution in [-0.4, -0.2) is 20.9 Å². The van der Waals surface area contributed by atoms with E-state index in [-0.39, 0.29) is 5.97 Å². The van der Waals surface area contributed by atoms with E-state index in [1.807, 2.05) is 0 Å². The lowest BCUT2D eigenvalue weighted by molar-refractivity contribution is -0.132. The SMILES string of the molecule is [B]Cc1ccc(OC(C)=O)c(OC)c1. The van der Waals surface area contributed by atoms with Gasteiger partial charge in [-0.2, -0.15) is 0 Å². The van der Waals surface area contributed by atoms with E-state index in [2.05, 4.69) is 0 Å². The van der Waals surface area contributed by atoms with Crippen LogP contribution >= 0.6 is 0 Å². The molecule has 1 rings (SSSR count). The fourth-order valence-corrected chi connectivity index (χ4v) is 1.08. The summed E-state index contributed by atoms with van der Waals surface area (Å²) < 4.78 is 9.99. The molecule has 0 amide bonds. The first-order valence-corrected chi connectivity index (χ1v) is 4.22. The molecule has 0 bridgehead atoms. The Morgan fingerprint density at radius 3 is 2.64 bits per heavy atom. The van der Waals surface area contributed by atoms with Crippen LogP contribution < -0.4 is 9.47 Å². The summed E-state index contributed by atoms with van der Waals surface area (Å²) in [7, 11) is 6.98. The van der Waals surface area contributed by atoms with Crippen LogP contribution in [0.5, 0.6) is 11.5 Å². The maximum absolute atomic E-state index is 10.7.